The number of para-hydroxylation sites is 1. The molecule has 6 aromatic rings. The molecule has 2 aliphatic rings. The molecule has 1 saturated heterocycles. The molecule has 4 heterocycles. The Morgan fingerprint density at radius 3 is 2.44 bits per heavy atom. The number of amides is 1. The molecule has 14 nitrogen and oxygen atoms in total. The number of anilines is 1. The van der Waals surface area contributed by atoms with Gasteiger partial charge in [0.1, 0.15) is 0 Å². The molecule has 2 aromatic heterocycles. The number of carbonyl (C=O) groups excluding carboxylic acids is 1. The number of benzene rings is 4. The molecule has 2 aliphatic heterocycles. The Hall–Kier alpha value is -5.74. The standard InChI is InChI=1S/C40H41N7O7Si/c1-25-37(55(2,3)53)36(19-20-44-23-34(41-43-44)31(24-48)27-9-5-4-6-10-27)54-40(25)32-21-29(47(51)52)17-18-35(32)45(39(40)50)22-26-13-15-28(16-14-26)46-38(49)30-11-7-8-12-33(30)42-46/h4-18,21,23,25,31,36-37,42,48,53H,19-20,22,24H2,1-3H3/t25-,31?,36+,37-,40+/m1/s1. The van der Waals surface area contributed by atoms with Gasteiger partial charge in [-0.2, -0.15) is 0 Å². The molecule has 55 heavy (non-hydrogen) atoms. The van der Waals surface area contributed by atoms with Crippen LogP contribution in [0.4, 0.5) is 11.4 Å². The predicted molar refractivity (Wildman–Crippen MR) is 207 cm³/mol. The fourth-order valence-electron chi connectivity index (χ4n) is 8.68. The molecule has 0 saturated carbocycles. The Labute approximate surface area is 316 Å². The first kappa shape index (κ1) is 36.2. The maximum atomic E-state index is 14.9. The highest BCUT2D eigenvalue weighted by Crippen LogP contribution is 2.60. The number of aromatic nitrogens is 5. The van der Waals surface area contributed by atoms with Gasteiger partial charge in [-0.15, -0.1) is 5.10 Å². The Kier molecular flexibility index (Phi) is 9.12. The molecule has 0 radical (unpaired) electrons. The van der Waals surface area contributed by atoms with Crippen LogP contribution in [0.5, 0.6) is 0 Å². The number of H-pyrrole nitrogens is 1. The highest BCUT2D eigenvalue weighted by atomic mass is 28.4. The first-order valence-electron chi connectivity index (χ1n) is 18.3. The number of fused-ring (bicyclic) bond motifs is 3. The van der Waals surface area contributed by atoms with Crippen molar-refractivity contribution in [2.75, 3.05) is 11.5 Å². The zero-order chi connectivity index (χ0) is 38.6. The monoisotopic (exact) mass is 759 g/mol. The Morgan fingerprint density at radius 2 is 1.75 bits per heavy atom. The van der Waals surface area contributed by atoms with Gasteiger partial charge in [-0.1, -0.05) is 66.7 Å². The molecule has 282 valence electrons. The summed E-state index contributed by atoms with van der Waals surface area (Å²) in [7, 11) is -3.02. The van der Waals surface area contributed by atoms with Crippen molar-refractivity contribution in [3.05, 3.63) is 146 Å². The zero-order valence-corrected chi connectivity index (χ0v) is 31.6. The normalized spacial score (nSPS) is 21.4. The molecule has 3 N–H and O–H groups in total. The number of aliphatic hydroxyl groups is 1. The number of aromatic amines is 1. The van der Waals surface area contributed by atoms with Gasteiger partial charge in [0, 0.05) is 41.9 Å². The molecule has 0 aliphatic carbocycles. The Bertz CT molecular complexity index is 2460. The highest BCUT2D eigenvalue weighted by Gasteiger charge is 2.66. The van der Waals surface area contributed by atoms with E-state index in [1.54, 1.807) is 40.0 Å². The third kappa shape index (κ3) is 6.18. The van der Waals surface area contributed by atoms with Gasteiger partial charge in [-0.05, 0) is 61.0 Å². The van der Waals surface area contributed by atoms with Crippen molar-refractivity contribution in [3.8, 4) is 5.69 Å². The van der Waals surface area contributed by atoms with Gasteiger partial charge in [0.05, 0.1) is 58.1 Å². The molecule has 1 amide bonds. The molecule has 1 unspecified atom stereocenters. The van der Waals surface area contributed by atoms with Crippen LogP contribution < -0.4 is 10.5 Å². The van der Waals surface area contributed by atoms with Gasteiger partial charge in [0.25, 0.3) is 17.2 Å². The second kappa shape index (κ2) is 13.8. The van der Waals surface area contributed by atoms with Crippen molar-refractivity contribution in [3.63, 3.8) is 0 Å². The van der Waals surface area contributed by atoms with Gasteiger partial charge in [0.2, 0.25) is 0 Å². The molecular formula is C40H41N7O7Si. The summed E-state index contributed by atoms with van der Waals surface area (Å²) in [6.07, 6.45) is 1.60. The van der Waals surface area contributed by atoms with E-state index < -0.39 is 36.4 Å². The molecule has 0 bridgehead atoms. The van der Waals surface area contributed by atoms with Crippen LogP contribution in [-0.2, 0) is 28.2 Å². The van der Waals surface area contributed by atoms with E-state index in [0.717, 1.165) is 16.6 Å². The summed E-state index contributed by atoms with van der Waals surface area (Å²) in [5.41, 5.74) is 2.24. The van der Waals surface area contributed by atoms with Crippen LogP contribution in [0.15, 0.2) is 108 Å². The molecule has 15 heteroatoms. The van der Waals surface area contributed by atoms with Crippen LogP contribution in [-0.4, -0.2) is 66.5 Å². The lowest BCUT2D eigenvalue weighted by molar-refractivity contribution is -0.385. The lowest BCUT2D eigenvalue weighted by atomic mass is 9.82. The first-order chi connectivity index (χ1) is 26.4. The van der Waals surface area contributed by atoms with Gasteiger partial charge >= 0.3 is 0 Å². The molecular weight excluding hydrogens is 719 g/mol. The van der Waals surface area contributed by atoms with Crippen LogP contribution in [0.1, 0.15) is 41.6 Å². The summed E-state index contributed by atoms with van der Waals surface area (Å²) in [6, 6.07) is 28.6. The second-order valence-electron chi connectivity index (χ2n) is 15.0. The Morgan fingerprint density at radius 1 is 1.02 bits per heavy atom. The van der Waals surface area contributed by atoms with Crippen molar-refractivity contribution < 1.29 is 24.4 Å². The summed E-state index contributed by atoms with van der Waals surface area (Å²) in [6.45, 7) is 5.92. The van der Waals surface area contributed by atoms with Crippen LogP contribution in [0.2, 0.25) is 18.6 Å². The third-order valence-corrected chi connectivity index (χ3v) is 13.8. The van der Waals surface area contributed by atoms with Gasteiger partial charge in [-0.3, -0.25) is 29.5 Å². The zero-order valence-electron chi connectivity index (χ0n) is 30.6. The lowest BCUT2D eigenvalue weighted by Crippen LogP contribution is -2.46. The number of ether oxygens (including phenoxy) is 1. The molecule has 4 aromatic carbocycles. The van der Waals surface area contributed by atoms with E-state index in [9.17, 15) is 29.6 Å². The minimum absolute atomic E-state index is 0.140. The van der Waals surface area contributed by atoms with E-state index in [1.165, 1.54) is 16.8 Å². The second-order valence-corrected chi connectivity index (χ2v) is 19.0. The first-order valence-corrected chi connectivity index (χ1v) is 21.3. The number of nitrogens with zero attached hydrogens (tertiary/aromatic N) is 6. The topological polar surface area (TPSA) is 182 Å². The number of non-ortho nitro benzene ring substituents is 1. The smallest absolute Gasteiger partial charge is 0.279 e. The maximum absolute atomic E-state index is 14.9. The van der Waals surface area contributed by atoms with Crippen molar-refractivity contribution in [1.29, 1.82) is 0 Å². The maximum Gasteiger partial charge on any atom is 0.279 e. The van der Waals surface area contributed by atoms with Crippen molar-refractivity contribution >= 4 is 36.5 Å². The van der Waals surface area contributed by atoms with Crippen molar-refractivity contribution in [2.24, 2.45) is 5.92 Å². The predicted octanol–water partition coefficient (Wildman–Crippen LogP) is 5.38. The summed E-state index contributed by atoms with van der Waals surface area (Å²) >= 11 is 0. The summed E-state index contributed by atoms with van der Waals surface area (Å²) in [5.74, 6) is -1.23. The molecule has 8 rings (SSSR count). The van der Waals surface area contributed by atoms with E-state index in [-0.39, 0.29) is 36.2 Å². The number of aryl methyl sites for hydroxylation is 1. The Balaban J connectivity index is 1.09. The van der Waals surface area contributed by atoms with Crippen LogP contribution in [0.25, 0.3) is 16.6 Å². The van der Waals surface area contributed by atoms with Gasteiger partial charge in [-0.25, -0.2) is 4.68 Å². The number of nitro groups is 1. The number of hydrogen-bond donors (Lipinski definition) is 3. The number of hydrogen-bond acceptors (Lipinski definition) is 9. The minimum Gasteiger partial charge on any atom is -0.432 e. The van der Waals surface area contributed by atoms with E-state index in [1.807, 2.05) is 80.7 Å². The molecule has 1 spiro atoms. The summed E-state index contributed by atoms with van der Waals surface area (Å²) in [5, 5.41) is 34.6. The number of aliphatic hydroxyl groups excluding tert-OH is 1. The van der Waals surface area contributed by atoms with Gasteiger partial charge in [0.15, 0.2) is 13.9 Å². The van der Waals surface area contributed by atoms with Crippen LogP contribution >= 0.6 is 0 Å². The third-order valence-electron chi connectivity index (χ3n) is 11.2. The molecule has 5 atom stereocenters. The van der Waals surface area contributed by atoms with Crippen LogP contribution in [0, 0.1) is 16.0 Å². The van der Waals surface area contributed by atoms with E-state index in [0.29, 0.717) is 41.0 Å². The lowest BCUT2D eigenvalue weighted by Gasteiger charge is -2.32. The van der Waals surface area contributed by atoms with E-state index in [2.05, 4.69) is 15.4 Å². The minimum atomic E-state index is -3.02. The van der Waals surface area contributed by atoms with E-state index >= 15 is 0 Å². The number of carbonyl (C=O) groups is 1. The average Bonchev–Trinajstić information content (AvgIpc) is 3.92. The number of nitrogens with one attached hydrogen (secondary N) is 1. The number of rotatable bonds is 11. The fraction of sp³-hybridized carbons (Fsp3) is 0.300. The van der Waals surface area contributed by atoms with Crippen molar-refractivity contribution in [1.82, 2.24) is 24.8 Å². The summed E-state index contributed by atoms with van der Waals surface area (Å²) < 4.78 is 10.1. The SMILES string of the molecule is C[C@@H]1[C@@H]([Si](C)(C)O)[C@H](CCn2cc(C(CO)c3ccccc3)nn2)O[C@@]12C(=O)N(Cc1ccc(-n3[nH]c4ccccc4c3=O)cc1)c1ccc([N+](=O)[O-])cc12. The molecule has 1 fully saturated rings. The highest BCUT2D eigenvalue weighted by molar-refractivity contribution is 6.71. The average molecular weight is 760 g/mol. The fourth-order valence-corrected chi connectivity index (χ4v) is 11.3. The quantitative estimate of drug-likeness (QED) is 0.0888. The van der Waals surface area contributed by atoms with Gasteiger partial charge < -0.3 is 19.5 Å². The number of nitro benzene ring substituents is 1. The summed E-state index contributed by atoms with van der Waals surface area (Å²) in [4.78, 5) is 52.9. The van der Waals surface area contributed by atoms with Crippen LogP contribution in [0.3, 0.4) is 0 Å². The largest absolute Gasteiger partial charge is 0.432 e. The van der Waals surface area contributed by atoms with E-state index in [4.69, 9.17) is 4.74 Å². The van der Waals surface area contributed by atoms with Crippen molar-refractivity contribution in [2.45, 2.75) is 62.7 Å².